The Hall–Kier alpha value is -2.97. The monoisotopic (exact) mass is 422 g/mol. The predicted octanol–water partition coefficient (Wildman–Crippen LogP) is 4.10. The minimum atomic E-state index is -0.902. The molecule has 0 unspecified atom stereocenters. The van der Waals surface area contributed by atoms with Crippen LogP contribution >= 0.6 is 0 Å². The highest BCUT2D eigenvalue weighted by atomic mass is 16.6. The van der Waals surface area contributed by atoms with Gasteiger partial charge in [0.2, 0.25) is 0 Å². The number of ketones is 1. The lowest BCUT2D eigenvalue weighted by Gasteiger charge is -2.25. The third kappa shape index (κ3) is 9.02. The van der Waals surface area contributed by atoms with Crippen molar-refractivity contribution in [1.29, 1.82) is 0 Å². The topological polar surface area (TPSA) is 125 Å². The van der Waals surface area contributed by atoms with Crippen LogP contribution in [0.25, 0.3) is 0 Å². The van der Waals surface area contributed by atoms with Crippen LogP contribution in [0.1, 0.15) is 70.3 Å². The van der Waals surface area contributed by atoms with E-state index in [4.69, 9.17) is 9.47 Å². The van der Waals surface area contributed by atoms with E-state index in [1.165, 1.54) is 18.2 Å². The average Bonchev–Trinajstić information content (AvgIpc) is 2.50. The summed E-state index contributed by atoms with van der Waals surface area (Å²) in [6.07, 6.45) is -1.28. The minimum Gasteiger partial charge on any atom is -0.460 e. The number of hydrogen-bond donors (Lipinski definition) is 1. The molecule has 0 bridgehead atoms. The normalized spacial score (nSPS) is 12.6. The number of benzene rings is 1. The number of non-ortho nitro benzene ring substituents is 1. The highest BCUT2D eigenvalue weighted by Crippen LogP contribution is 2.20. The molecule has 1 rings (SSSR count). The second-order valence-electron chi connectivity index (χ2n) is 9.02. The summed E-state index contributed by atoms with van der Waals surface area (Å²) in [7, 11) is 0. The van der Waals surface area contributed by atoms with E-state index < -0.39 is 40.0 Å². The van der Waals surface area contributed by atoms with Gasteiger partial charge in [-0.15, -0.1) is 0 Å². The predicted molar refractivity (Wildman–Crippen MR) is 110 cm³/mol. The van der Waals surface area contributed by atoms with Crippen molar-refractivity contribution in [2.24, 2.45) is 0 Å². The molecule has 0 aromatic heterocycles. The van der Waals surface area contributed by atoms with Crippen molar-refractivity contribution >= 4 is 23.5 Å². The number of amides is 1. The van der Waals surface area contributed by atoms with Gasteiger partial charge in [-0.05, 0) is 54.0 Å². The van der Waals surface area contributed by atoms with Crippen LogP contribution in [-0.2, 0) is 14.3 Å². The summed E-state index contributed by atoms with van der Waals surface area (Å²) in [4.78, 5) is 47.7. The van der Waals surface area contributed by atoms with E-state index in [0.717, 1.165) is 0 Å². The standard InChI is InChI=1S/C21H30N2O7/c1-13-8-9-15(23(27)28)12-16(13)17(24)10-14(11-18(25)29-20(2,3)4)22-19(26)30-21(5,6)7/h8-9,12,14H,10-11H2,1-7H3,(H,22,26)/t14-/m0/s1. The zero-order valence-corrected chi connectivity index (χ0v) is 18.5. The number of hydrogen-bond acceptors (Lipinski definition) is 7. The largest absolute Gasteiger partial charge is 0.460 e. The Balaban J connectivity index is 3.05. The van der Waals surface area contributed by atoms with Gasteiger partial charge in [0.05, 0.1) is 11.3 Å². The Bertz CT molecular complexity index is 790. The first kappa shape index (κ1) is 25.1. The minimum absolute atomic E-state index is 0.157. The van der Waals surface area contributed by atoms with Gasteiger partial charge in [0.15, 0.2) is 5.78 Å². The Morgan fingerprint density at radius 2 is 1.60 bits per heavy atom. The molecular formula is C21H30N2O7. The Morgan fingerprint density at radius 1 is 1.03 bits per heavy atom. The third-order valence-electron chi connectivity index (χ3n) is 3.72. The zero-order valence-electron chi connectivity index (χ0n) is 18.5. The van der Waals surface area contributed by atoms with Crippen molar-refractivity contribution in [2.75, 3.05) is 0 Å². The Kier molecular flexibility index (Phi) is 8.09. The molecule has 1 amide bonds. The van der Waals surface area contributed by atoms with Gasteiger partial charge in [0.1, 0.15) is 11.2 Å². The van der Waals surface area contributed by atoms with E-state index in [2.05, 4.69) is 5.32 Å². The molecule has 0 fully saturated rings. The molecule has 1 N–H and O–H groups in total. The maximum atomic E-state index is 12.8. The SMILES string of the molecule is Cc1ccc([N+](=O)[O-])cc1C(=O)C[C@@H](CC(=O)OC(C)(C)C)NC(=O)OC(C)(C)C. The van der Waals surface area contributed by atoms with Gasteiger partial charge in [-0.25, -0.2) is 4.79 Å². The summed E-state index contributed by atoms with van der Waals surface area (Å²) in [6, 6.07) is 3.08. The fourth-order valence-electron chi connectivity index (χ4n) is 2.59. The highest BCUT2D eigenvalue weighted by molar-refractivity contribution is 5.98. The average molecular weight is 422 g/mol. The van der Waals surface area contributed by atoms with Gasteiger partial charge >= 0.3 is 12.1 Å². The van der Waals surface area contributed by atoms with Crippen LogP contribution in [0.15, 0.2) is 18.2 Å². The van der Waals surface area contributed by atoms with Crippen LogP contribution in [0.2, 0.25) is 0 Å². The first-order valence-electron chi connectivity index (χ1n) is 9.57. The fourth-order valence-corrected chi connectivity index (χ4v) is 2.59. The number of nitro groups is 1. The number of Topliss-reactive ketones (excluding diaryl/α,β-unsaturated/α-hetero) is 1. The van der Waals surface area contributed by atoms with Crippen LogP contribution in [0, 0.1) is 17.0 Å². The Labute approximate surface area is 176 Å². The number of alkyl carbamates (subject to hydrolysis) is 1. The van der Waals surface area contributed by atoms with Crippen molar-refractivity contribution in [2.45, 2.75) is 78.6 Å². The van der Waals surface area contributed by atoms with Crippen LogP contribution in [0.5, 0.6) is 0 Å². The van der Waals surface area contributed by atoms with E-state index >= 15 is 0 Å². The first-order chi connectivity index (χ1) is 13.6. The molecule has 166 valence electrons. The molecule has 0 aliphatic carbocycles. The fraction of sp³-hybridized carbons (Fsp3) is 0.571. The molecule has 0 spiro atoms. The molecule has 0 heterocycles. The molecule has 9 nitrogen and oxygen atoms in total. The third-order valence-corrected chi connectivity index (χ3v) is 3.72. The van der Waals surface area contributed by atoms with E-state index in [1.54, 1.807) is 48.5 Å². The lowest BCUT2D eigenvalue weighted by atomic mass is 9.97. The molecular weight excluding hydrogens is 392 g/mol. The van der Waals surface area contributed by atoms with Crippen molar-refractivity contribution < 1.29 is 28.8 Å². The summed E-state index contributed by atoms with van der Waals surface area (Å²) in [5.41, 5.74) is -0.994. The van der Waals surface area contributed by atoms with Gasteiger partial charge in [-0.1, -0.05) is 6.07 Å². The number of nitro benzene ring substituents is 1. The molecule has 0 radical (unpaired) electrons. The first-order valence-corrected chi connectivity index (χ1v) is 9.57. The van der Waals surface area contributed by atoms with E-state index in [9.17, 15) is 24.5 Å². The Morgan fingerprint density at radius 3 is 2.10 bits per heavy atom. The van der Waals surface area contributed by atoms with Gasteiger partial charge in [0, 0.05) is 30.2 Å². The van der Waals surface area contributed by atoms with Gasteiger partial charge < -0.3 is 14.8 Å². The molecule has 0 aliphatic rings. The number of esters is 1. The summed E-state index contributed by atoms with van der Waals surface area (Å²) in [5, 5.41) is 13.6. The second kappa shape index (κ2) is 9.69. The van der Waals surface area contributed by atoms with Crippen molar-refractivity contribution in [3.8, 4) is 0 Å². The molecule has 30 heavy (non-hydrogen) atoms. The smallest absolute Gasteiger partial charge is 0.407 e. The van der Waals surface area contributed by atoms with Crippen LogP contribution in [0.4, 0.5) is 10.5 Å². The number of rotatable bonds is 7. The summed E-state index contributed by atoms with van der Waals surface area (Å²) >= 11 is 0. The van der Waals surface area contributed by atoms with Crippen LogP contribution in [0.3, 0.4) is 0 Å². The number of nitrogens with zero attached hydrogens (tertiary/aromatic N) is 1. The highest BCUT2D eigenvalue weighted by Gasteiger charge is 2.27. The molecule has 0 saturated carbocycles. The summed E-state index contributed by atoms with van der Waals surface area (Å²) in [6.45, 7) is 11.8. The number of ether oxygens (including phenoxy) is 2. The van der Waals surface area contributed by atoms with Crippen LogP contribution < -0.4 is 5.32 Å². The lowest BCUT2D eigenvalue weighted by Crippen LogP contribution is -2.42. The van der Waals surface area contributed by atoms with E-state index in [-0.39, 0.29) is 24.1 Å². The molecule has 0 saturated heterocycles. The maximum absolute atomic E-state index is 12.8. The molecule has 1 atom stereocenters. The molecule has 0 aliphatic heterocycles. The zero-order chi connectivity index (χ0) is 23.3. The van der Waals surface area contributed by atoms with E-state index in [0.29, 0.717) is 5.56 Å². The number of nitrogens with one attached hydrogen (secondary N) is 1. The molecule has 1 aromatic rings. The maximum Gasteiger partial charge on any atom is 0.407 e. The number of carbonyl (C=O) groups excluding carboxylic acids is 3. The second-order valence-corrected chi connectivity index (χ2v) is 9.02. The van der Waals surface area contributed by atoms with E-state index in [1.807, 2.05) is 0 Å². The lowest BCUT2D eigenvalue weighted by molar-refractivity contribution is -0.384. The van der Waals surface area contributed by atoms with Crippen molar-refractivity contribution in [3.05, 3.63) is 39.4 Å². The van der Waals surface area contributed by atoms with Gasteiger partial charge in [0.25, 0.3) is 5.69 Å². The molecule has 9 heteroatoms. The van der Waals surface area contributed by atoms with Crippen molar-refractivity contribution in [3.63, 3.8) is 0 Å². The van der Waals surface area contributed by atoms with Gasteiger partial charge in [-0.3, -0.25) is 19.7 Å². The molecule has 1 aromatic carbocycles. The summed E-state index contributed by atoms with van der Waals surface area (Å²) < 4.78 is 10.5. The number of aryl methyl sites for hydroxylation is 1. The quantitative estimate of drug-likeness (QED) is 0.303. The number of carbonyl (C=O) groups is 3. The van der Waals surface area contributed by atoms with Gasteiger partial charge in [-0.2, -0.15) is 0 Å². The summed E-state index contributed by atoms with van der Waals surface area (Å²) in [5.74, 6) is -1.03. The van der Waals surface area contributed by atoms with Crippen molar-refractivity contribution in [1.82, 2.24) is 5.32 Å². The van der Waals surface area contributed by atoms with Crippen LogP contribution in [-0.4, -0.2) is 40.0 Å².